The van der Waals surface area contributed by atoms with Crippen LogP contribution < -0.4 is 5.73 Å². The maximum absolute atomic E-state index is 14.1. The van der Waals surface area contributed by atoms with Gasteiger partial charge in [0.2, 0.25) is 0 Å². The Morgan fingerprint density at radius 2 is 1.58 bits per heavy atom. The van der Waals surface area contributed by atoms with E-state index in [1.54, 1.807) is 7.11 Å². The predicted octanol–water partition coefficient (Wildman–Crippen LogP) is 4.31. The molecule has 10 fully saturated rings. The van der Waals surface area contributed by atoms with Crippen molar-refractivity contribution in [1.29, 1.82) is 0 Å². The van der Waals surface area contributed by atoms with E-state index in [2.05, 4.69) is 20.1 Å². The van der Waals surface area contributed by atoms with Gasteiger partial charge in [0.15, 0.2) is 5.79 Å². The van der Waals surface area contributed by atoms with E-state index in [0.29, 0.717) is 38.0 Å². The van der Waals surface area contributed by atoms with Gasteiger partial charge < -0.3 is 48.7 Å². The number of carbonyl (C=O) groups excluding carboxylic acids is 1. The number of hydrogen-bond donors (Lipinski definition) is 2. The summed E-state index contributed by atoms with van der Waals surface area (Å²) in [4.78, 5) is 14.1. The third-order valence-electron chi connectivity index (χ3n) is 14.6. The fourth-order valence-corrected chi connectivity index (χ4v) is 12.0. The van der Waals surface area contributed by atoms with Crippen molar-refractivity contribution >= 4 is 5.78 Å². The number of hydrogen-bond acceptors (Lipinski definition) is 11. The maximum atomic E-state index is 14.1. The molecule has 1 saturated carbocycles. The summed E-state index contributed by atoms with van der Waals surface area (Å²) < 4.78 is 53.6. The summed E-state index contributed by atoms with van der Waals surface area (Å²) in [6.07, 6.45) is 7.99. The number of rotatable bonds is 4. The van der Waals surface area contributed by atoms with E-state index >= 15 is 0 Å². The molecule has 9 aliphatic heterocycles. The molecule has 290 valence electrons. The second-order valence-electron chi connectivity index (χ2n) is 18.0. The minimum atomic E-state index is -0.766. The molecule has 3 N–H and O–H groups in total. The van der Waals surface area contributed by atoms with E-state index in [4.69, 9.17) is 43.6 Å². The molecule has 11 nitrogen and oxygen atoms in total. The maximum Gasteiger partial charge on any atom is 0.172 e. The van der Waals surface area contributed by atoms with Crippen LogP contribution in [0.4, 0.5) is 0 Å². The lowest BCUT2D eigenvalue weighted by Crippen LogP contribution is -2.61. The molecule has 52 heavy (non-hydrogen) atoms. The van der Waals surface area contributed by atoms with Crippen molar-refractivity contribution < 1.29 is 47.8 Å². The molecule has 9 heterocycles. The number of carbonyl (C=O) groups is 1. The van der Waals surface area contributed by atoms with Crippen molar-refractivity contribution in [2.45, 2.75) is 188 Å². The van der Waals surface area contributed by atoms with Crippen LogP contribution in [0, 0.1) is 23.7 Å². The molecule has 1 spiro atoms. The zero-order valence-corrected chi connectivity index (χ0v) is 31.1. The highest BCUT2D eigenvalue weighted by Crippen LogP contribution is 2.55. The van der Waals surface area contributed by atoms with Crippen molar-refractivity contribution in [2.75, 3.05) is 13.7 Å². The van der Waals surface area contributed by atoms with Gasteiger partial charge in [0.05, 0.1) is 54.9 Å². The second kappa shape index (κ2) is 14.4. The van der Waals surface area contributed by atoms with Gasteiger partial charge in [-0.2, -0.15) is 0 Å². The molecule has 9 saturated heterocycles. The number of nitrogens with two attached hydrogens (primary N) is 1. The van der Waals surface area contributed by atoms with E-state index < -0.39 is 11.9 Å². The lowest BCUT2D eigenvalue weighted by atomic mass is 9.79. The summed E-state index contributed by atoms with van der Waals surface area (Å²) in [7, 11) is 1.74. The topological polar surface area (TPSA) is 137 Å². The first-order valence-corrected chi connectivity index (χ1v) is 20.5. The summed E-state index contributed by atoms with van der Waals surface area (Å²) in [5.41, 5.74) is 8.17. The van der Waals surface area contributed by atoms with Gasteiger partial charge in [-0.3, -0.25) is 4.79 Å². The summed E-state index contributed by atoms with van der Waals surface area (Å²) in [5.74, 6) is 0.0391. The molecule has 0 amide bonds. The first-order valence-electron chi connectivity index (χ1n) is 20.5. The van der Waals surface area contributed by atoms with Crippen LogP contribution in [0.1, 0.15) is 96.8 Å². The highest BCUT2D eigenvalue weighted by Gasteiger charge is 2.68. The van der Waals surface area contributed by atoms with Gasteiger partial charge in [0.25, 0.3) is 0 Å². The van der Waals surface area contributed by atoms with Crippen molar-refractivity contribution in [3.8, 4) is 0 Å². The Bertz CT molecular complexity index is 1380. The number of aliphatic hydroxyl groups excluding tert-OH is 1. The van der Waals surface area contributed by atoms with E-state index in [0.717, 1.165) is 68.9 Å². The number of Topliss-reactive ketones (excluding diaryl/α,β-unsaturated/α-hetero) is 1. The van der Waals surface area contributed by atoms with Crippen molar-refractivity contribution in [1.82, 2.24) is 0 Å². The van der Waals surface area contributed by atoms with Gasteiger partial charge in [-0.1, -0.05) is 20.1 Å². The number of ether oxygens (including phenoxy) is 8. The van der Waals surface area contributed by atoms with Gasteiger partial charge >= 0.3 is 0 Å². The number of ketones is 1. The van der Waals surface area contributed by atoms with E-state index in [1.807, 2.05) is 0 Å². The first-order chi connectivity index (χ1) is 25.1. The Kier molecular flexibility index (Phi) is 10.0. The quantitative estimate of drug-likeness (QED) is 0.401. The molecule has 11 heteroatoms. The largest absolute Gasteiger partial charge is 0.392 e. The van der Waals surface area contributed by atoms with E-state index in [9.17, 15) is 9.90 Å². The Balaban J connectivity index is 0.994. The lowest BCUT2D eigenvalue weighted by Gasteiger charge is -2.47. The molecule has 12 bridgehead atoms. The molecule has 0 unspecified atom stereocenters. The Hall–Kier alpha value is -1.25. The Morgan fingerprint density at radius 1 is 0.827 bits per heavy atom. The Morgan fingerprint density at radius 3 is 2.40 bits per heavy atom. The van der Waals surface area contributed by atoms with Gasteiger partial charge in [-0.15, -0.1) is 0 Å². The third-order valence-corrected chi connectivity index (χ3v) is 14.6. The SMILES string of the molecule is C=C1C[C@@H]2CC[C@@]34C[C@H]5O[C@H]6[C@@H](O3)[C@H]3O[C@H](CC[C@@H]3O[C@H]6[C@H]5O4)CC(=O)C[C@H]3[C@@H](C[C@H](C[C@H](O)CN)[C@@H]3OC)C[C@H]3O[C@@H](CC[C@@H]1O2)C[C@@H](C)C3=C. The molecular weight excluding hydrogens is 666 g/mol. The van der Waals surface area contributed by atoms with Crippen molar-refractivity contribution in [3.63, 3.8) is 0 Å². The van der Waals surface area contributed by atoms with Crippen LogP contribution in [0.25, 0.3) is 0 Å². The molecule has 0 aromatic carbocycles. The fraction of sp³-hybridized carbons (Fsp3) is 0.878. The molecule has 0 aromatic rings. The third kappa shape index (κ3) is 6.60. The van der Waals surface area contributed by atoms with E-state index in [1.165, 1.54) is 0 Å². The summed E-state index contributed by atoms with van der Waals surface area (Å²) in [6.45, 7) is 11.4. The predicted molar refractivity (Wildman–Crippen MR) is 189 cm³/mol. The van der Waals surface area contributed by atoms with Crippen LogP contribution in [0.2, 0.25) is 0 Å². The highest BCUT2D eigenvalue weighted by molar-refractivity contribution is 5.79. The number of fused-ring (bicyclic) bond motifs is 6. The number of methoxy groups -OCH3 is 1. The molecule has 1 aliphatic carbocycles. The fourth-order valence-electron chi connectivity index (χ4n) is 12.0. The smallest absolute Gasteiger partial charge is 0.172 e. The molecule has 0 radical (unpaired) electrons. The van der Waals surface area contributed by atoms with Crippen LogP contribution in [0.15, 0.2) is 24.3 Å². The molecule has 0 aromatic heterocycles. The van der Waals surface area contributed by atoms with E-state index in [-0.39, 0.29) is 109 Å². The second-order valence-corrected chi connectivity index (χ2v) is 18.0. The summed E-state index contributed by atoms with van der Waals surface area (Å²) in [6, 6.07) is 0. The van der Waals surface area contributed by atoms with Crippen LogP contribution in [0.5, 0.6) is 0 Å². The van der Waals surface area contributed by atoms with Gasteiger partial charge in [-0.25, -0.2) is 0 Å². The molecule has 10 aliphatic rings. The van der Waals surface area contributed by atoms with Gasteiger partial charge in [-0.05, 0) is 99.0 Å². The standard InChI is InChI=1S/C41H61NO10/c1-20-11-27-5-7-31-21(2)12-29(46-31)9-10-41-18-34-37(51-41)38-39(50-34)40(52-41)36-32(49-38)8-6-28(48-36)16-25(43)17-30-23(15-33(47-27)22(20)3)13-24(35(30)45-4)14-26(44)19-42/h20,23-24,26-40,44H,2-3,5-19,42H2,1,4H3/t20-,23+,24-,26+,27+,28-,29+,30+,31+,32+,33-,34-,35+,36+,37+,38+,39-,40+,41+/m1/s1. The highest BCUT2D eigenvalue weighted by atomic mass is 16.8. The van der Waals surface area contributed by atoms with Crippen LogP contribution in [-0.2, 0) is 42.7 Å². The van der Waals surface area contributed by atoms with Crippen LogP contribution in [-0.4, -0.2) is 116 Å². The Labute approximate surface area is 308 Å². The van der Waals surface area contributed by atoms with Crippen LogP contribution >= 0.6 is 0 Å². The lowest BCUT2D eigenvalue weighted by molar-refractivity contribution is -0.292. The normalized spacial score (nSPS) is 52.4. The summed E-state index contributed by atoms with van der Waals surface area (Å²) in [5, 5.41) is 10.6. The minimum Gasteiger partial charge on any atom is -0.392 e. The zero-order valence-electron chi connectivity index (χ0n) is 31.1. The average Bonchev–Trinajstić information content (AvgIpc) is 3.79. The average molecular weight is 728 g/mol. The molecule has 19 atom stereocenters. The monoisotopic (exact) mass is 727 g/mol. The zero-order chi connectivity index (χ0) is 35.9. The first kappa shape index (κ1) is 36.4. The van der Waals surface area contributed by atoms with Crippen molar-refractivity contribution in [2.24, 2.45) is 29.4 Å². The van der Waals surface area contributed by atoms with Gasteiger partial charge in [0.1, 0.15) is 36.3 Å². The minimum absolute atomic E-state index is 0.00232. The van der Waals surface area contributed by atoms with Gasteiger partial charge in [0, 0.05) is 39.3 Å². The summed E-state index contributed by atoms with van der Waals surface area (Å²) >= 11 is 0. The van der Waals surface area contributed by atoms with Crippen LogP contribution in [0.3, 0.4) is 0 Å². The number of aliphatic hydroxyl groups is 1. The molecule has 10 rings (SSSR count). The molecular formula is C41H61NO10. The van der Waals surface area contributed by atoms with Crippen molar-refractivity contribution in [3.05, 3.63) is 24.3 Å².